The molecule has 1 aliphatic rings. The van der Waals surface area contributed by atoms with Crippen LogP contribution in [0.3, 0.4) is 0 Å². The molecule has 2 atom stereocenters. The molecule has 2 rings (SSSR count). The highest BCUT2D eigenvalue weighted by atomic mass is 16.4. The van der Waals surface area contributed by atoms with Crippen molar-refractivity contribution >= 4 is 5.97 Å². The first-order valence-electron chi connectivity index (χ1n) is 6.38. The summed E-state index contributed by atoms with van der Waals surface area (Å²) >= 11 is 0. The van der Waals surface area contributed by atoms with E-state index >= 15 is 0 Å². The largest absolute Gasteiger partial charge is 0.480 e. The lowest BCUT2D eigenvalue weighted by atomic mass is 10.00. The van der Waals surface area contributed by atoms with Crippen molar-refractivity contribution in [2.24, 2.45) is 5.73 Å². The number of likely N-dealkylation sites (tertiary alicyclic amines) is 1. The van der Waals surface area contributed by atoms with Crippen LogP contribution in [0.25, 0.3) is 0 Å². The molecule has 18 heavy (non-hydrogen) atoms. The fourth-order valence-corrected chi connectivity index (χ4v) is 2.68. The molecule has 2 unspecified atom stereocenters. The van der Waals surface area contributed by atoms with Crippen LogP contribution in [-0.4, -0.2) is 34.6 Å². The van der Waals surface area contributed by atoms with E-state index in [-0.39, 0.29) is 6.04 Å². The fraction of sp³-hybridized carbons (Fsp3) is 0.500. The minimum Gasteiger partial charge on any atom is -0.480 e. The molecular formula is C14H20N2O2. The number of nitrogens with two attached hydrogens (primary N) is 1. The number of carbonyl (C=O) groups is 1. The summed E-state index contributed by atoms with van der Waals surface area (Å²) in [5, 5.41) is 9.16. The second-order valence-corrected chi connectivity index (χ2v) is 5.02. The molecule has 4 heteroatoms. The van der Waals surface area contributed by atoms with E-state index in [4.69, 9.17) is 10.8 Å². The van der Waals surface area contributed by atoms with Crippen molar-refractivity contribution in [2.75, 3.05) is 13.1 Å². The van der Waals surface area contributed by atoms with Gasteiger partial charge in [-0.25, -0.2) is 0 Å². The summed E-state index contributed by atoms with van der Waals surface area (Å²) in [6.07, 6.45) is 1.48. The number of hydrogen-bond donors (Lipinski definition) is 2. The summed E-state index contributed by atoms with van der Waals surface area (Å²) in [6, 6.07) is 10.5. The molecule has 1 aliphatic heterocycles. The zero-order valence-corrected chi connectivity index (χ0v) is 10.7. The molecule has 1 aromatic rings. The van der Waals surface area contributed by atoms with Crippen LogP contribution in [0.4, 0.5) is 0 Å². The van der Waals surface area contributed by atoms with Crippen LogP contribution < -0.4 is 5.73 Å². The third kappa shape index (κ3) is 2.40. The Bertz CT molecular complexity index is 421. The Hall–Kier alpha value is -1.39. The Kier molecular flexibility index (Phi) is 3.68. The fourth-order valence-electron chi connectivity index (χ4n) is 2.68. The van der Waals surface area contributed by atoms with E-state index < -0.39 is 11.5 Å². The minimum atomic E-state index is -1.08. The number of benzene rings is 1. The zero-order chi connectivity index (χ0) is 13.2. The Morgan fingerprint density at radius 1 is 1.50 bits per heavy atom. The maximum absolute atomic E-state index is 11.2. The molecule has 0 amide bonds. The van der Waals surface area contributed by atoms with Crippen LogP contribution in [0.1, 0.15) is 31.4 Å². The van der Waals surface area contributed by atoms with E-state index in [1.165, 1.54) is 5.56 Å². The van der Waals surface area contributed by atoms with E-state index in [0.717, 1.165) is 13.0 Å². The van der Waals surface area contributed by atoms with Crippen LogP contribution in [-0.2, 0) is 4.79 Å². The highest BCUT2D eigenvalue weighted by Gasteiger charge is 2.43. The van der Waals surface area contributed by atoms with Crippen molar-refractivity contribution in [1.29, 1.82) is 0 Å². The van der Waals surface area contributed by atoms with Crippen molar-refractivity contribution < 1.29 is 9.90 Å². The summed E-state index contributed by atoms with van der Waals surface area (Å²) in [5.41, 5.74) is 6.07. The highest BCUT2D eigenvalue weighted by molar-refractivity contribution is 5.79. The molecule has 1 aromatic carbocycles. The molecule has 3 N–H and O–H groups in total. The quantitative estimate of drug-likeness (QED) is 0.850. The minimum absolute atomic E-state index is 0.260. The van der Waals surface area contributed by atoms with Gasteiger partial charge in [0.25, 0.3) is 0 Å². The Morgan fingerprint density at radius 3 is 2.67 bits per heavy atom. The van der Waals surface area contributed by atoms with Gasteiger partial charge in [0.15, 0.2) is 0 Å². The first-order chi connectivity index (χ1) is 8.57. The molecule has 98 valence electrons. The van der Waals surface area contributed by atoms with E-state index in [1.807, 2.05) is 18.2 Å². The SMILES string of the molecule is CCC(c1ccccc1)N1CCC(N)(C(=O)O)C1. The number of nitrogens with zero attached hydrogens (tertiary/aromatic N) is 1. The summed E-state index contributed by atoms with van der Waals surface area (Å²) in [7, 11) is 0. The molecular weight excluding hydrogens is 228 g/mol. The van der Waals surface area contributed by atoms with Gasteiger partial charge in [0.2, 0.25) is 0 Å². The number of hydrogen-bond acceptors (Lipinski definition) is 3. The van der Waals surface area contributed by atoms with E-state index in [2.05, 4.69) is 24.0 Å². The van der Waals surface area contributed by atoms with E-state index in [0.29, 0.717) is 13.0 Å². The molecule has 1 heterocycles. The second kappa shape index (κ2) is 5.08. The molecule has 1 saturated heterocycles. The smallest absolute Gasteiger partial charge is 0.325 e. The molecule has 1 fully saturated rings. The van der Waals surface area contributed by atoms with Gasteiger partial charge in [0.1, 0.15) is 5.54 Å². The monoisotopic (exact) mass is 248 g/mol. The average molecular weight is 248 g/mol. The first kappa shape index (κ1) is 13.1. The van der Waals surface area contributed by atoms with Crippen LogP contribution in [0.2, 0.25) is 0 Å². The Morgan fingerprint density at radius 2 is 2.17 bits per heavy atom. The molecule has 0 bridgehead atoms. The lowest BCUT2D eigenvalue weighted by Gasteiger charge is -2.28. The lowest BCUT2D eigenvalue weighted by molar-refractivity contribution is -0.142. The first-order valence-corrected chi connectivity index (χ1v) is 6.38. The van der Waals surface area contributed by atoms with Gasteiger partial charge in [-0.05, 0) is 18.4 Å². The molecule has 0 radical (unpaired) electrons. The van der Waals surface area contributed by atoms with Gasteiger partial charge in [-0.1, -0.05) is 37.3 Å². The molecule has 0 aromatic heterocycles. The average Bonchev–Trinajstić information content (AvgIpc) is 2.76. The van der Waals surface area contributed by atoms with Gasteiger partial charge in [0.05, 0.1) is 0 Å². The zero-order valence-electron chi connectivity index (χ0n) is 10.7. The van der Waals surface area contributed by atoms with Gasteiger partial charge in [-0.2, -0.15) is 0 Å². The normalized spacial score (nSPS) is 26.1. The van der Waals surface area contributed by atoms with Crippen LogP contribution in [0.5, 0.6) is 0 Å². The van der Waals surface area contributed by atoms with Gasteiger partial charge in [-0.3, -0.25) is 9.69 Å². The summed E-state index contributed by atoms with van der Waals surface area (Å²) in [6.45, 7) is 3.29. The molecule has 0 spiro atoms. The van der Waals surface area contributed by atoms with Crippen molar-refractivity contribution in [3.05, 3.63) is 35.9 Å². The maximum Gasteiger partial charge on any atom is 0.325 e. The Balaban J connectivity index is 2.15. The maximum atomic E-state index is 11.2. The van der Waals surface area contributed by atoms with E-state index in [1.54, 1.807) is 0 Å². The van der Waals surface area contributed by atoms with Crippen LogP contribution in [0, 0.1) is 0 Å². The third-order valence-electron chi connectivity index (χ3n) is 3.77. The second-order valence-electron chi connectivity index (χ2n) is 5.02. The Labute approximate surface area is 107 Å². The van der Waals surface area contributed by atoms with Gasteiger partial charge < -0.3 is 10.8 Å². The predicted octanol–water partition coefficient (Wildman–Crippen LogP) is 1.63. The lowest BCUT2D eigenvalue weighted by Crippen LogP contribution is -2.50. The van der Waals surface area contributed by atoms with Gasteiger partial charge in [0, 0.05) is 19.1 Å². The molecule has 0 saturated carbocycles. The number of carboxylic acid groups (broad SMARTS) is 1. The summed E-state index contributed by atoms with van der Waals surface area (Å²) in [5.74, 6) is -0.895. The van der Waals surface area contributed by atoms with Crippen molar-refractivity contribution in [1.82, 2.24) is 4.90 Å². The predicted molar refractivity (Wildman–Crippen MR) is 70.2 cm³/mol. The van der Waals surface area contributed by atoms with Crippen molar-refractivity contribution in [3.8, 4) is 0 Å². The molecule has 4 nitrogen and oxygen atoms in total. The molecule has 0 aliphatic carbocycles. The summed E-state index contributed by atoms with van der Waals surface area (Å²) in [4.78, 5) is 13.3. The van der Waals surface area contributed by atoms with Crippen molar-refractivity contribution in [3.63, 3.8) is 0 Å². The summed E-state index contributed by atoms with van der Waals surface area (Å²) < 4.78 is 0. The van der Waals surface area contributed by atoms with Gasteiger partial charge >= 0.3 is 5.97 Å². The number of carboxylic acids is 1. The van der Waals surface area contributed by atoms with E-state index in [9.17, 15) is 4.79 Å². The standard InChI is InChI=1S/C14H20N2O2/c1-2-12(11-6-4-3-5-7-11)16-9-8-14(15,10-16)13(17)18/h3-7,12H,2,8-10,15H2,1H3,(H,17,18). The van der Waals surface area contributed by atoms with Gasteiger partial charge in [-0.15, -0.1) is 0 Å². The topological polar surface area (TPSA) is 66.6 Å². The number of aliphatic carboxylic acids is 1. The van der Waals surface area contributed by atoms with Crippen LogP contribution >= 0.6 is 0 Å². The third-order valence-corrected chi connectivity index (χ3v) is 3.77. The highest BCUT2D eigenvalue weighted by Crippen LogP contribution is 2.30. The number of rotatable bonds is 4. The van der Waals surface area contributed by atoms with Crippen molar-refractivity contribution in [2.45, 2.75) is 31.3 Å². The van der Waals surface area contributed by atoms with Crippen LogP contribution in [0.15, 0.2) is 30.3 Å².